The highest BCUT2D eigenvalue weighted by Crippen LogP contribution is 2.21. The van der Waals surface area contributed by atoms with E-state index in [9.17, 15) is 13.2 Å². The number of hydrogen-bond donors (Lipinski definition) is 0. The molecule has 0 atom stereocenters. The molecule has 0 radical (unpaired) electrons. The van der Waals surface area contributed by atoms with Crippen LogP contribution >= 0.6 is 0 Å². The first kappa shape index (κ1) is 19.9. The van der Waals surface area contributed by atoms with E-state index in [-0.39, 0.29) is 12.5 Å². The molecule has 1 saturated heterocycles. The van der Waals surface area contributed by atoms with Gasteiger partial charge in [-0.3, -0.25) is 4.79 Å². The number of benzene rings is 1. The Balaban J connectivity index is 2.16. The average Bonchev–Trinajstić information content (AvgIpc) is 2.56. The average molecular weight is 368 g/mol. The Hall–Kier alpha value is -1.44. The fourth-order valence-electron chi connectivity index (χ4n) is 3.13. The van der Waals surface area contributed by atoms with Gasteiger partial charge in [-0.1, -0.05) is 23.8 Å². The summed E-state index contributed by atoms with van der Waals surface area (Å²) in [7, 11) is -3.62. The van der Waals surface area contributed by atoms with Crippen LogP contribution in [0, 0.1) is 13.8 Å². The van der Waals surface area contributed by atoms with Gasteiger partial charge in [-0.15, -0.1) is 0 Å². The van der Waals surface area contributed by atoms with Crippen LogP contribution in [0.1, 0.15) is 37.0 Å². The van der Waals surface area contributed by atoms with Crippen LogP contribution < -0.4 is 0 Å². The second kappa shape index (κ2) is 8.29. The fraction of sp³-hybridized carbons (Fsp3) is 0.611. The lowest BCUT2D eigenvalue weighted by Gasteiger charge is -2.35. The number of likely N-dealkylation sites (N-methyl/N-ethyl adjacent to an activating group) is 1. The predicted octanol–water partition coefficient (Wildman–Crippen LogP) is 1.92. The van der Waals surface area contributed by atoms with E-state index >= 15 is 0 Å². The van der Waals surface area contributed by atoms with Crippen LogP contribution in [0.4, 0.5) is 0 Å². The van der Waals surface area contributed by atoms with Crippen LogP contribution in [0.2, 0.25) is 0 Å². The zero-order valence-corrected chi connectivity index (χ0v) is 16.5. The van der Waals surface area contributed by atoms with Gasteiger partial charge in [0.1, 0.15) is 0 Å². The van der Waals surface area contributed by atoms with E-state index < -0.39 is 10.2 Å². The Bertz CT molecular complexity index is 714. The number of carbonyl (C=O) groups excluding carboxylic acids is 1. The van der Waals surface area contributed by atoms with Crippen LogP contribution in [0.25, 0.3) is 0 Å². The molecule has 0 spiro atoms. The molecule has 0 N–H and O–H groups in total. The maximum atomic E-state index is 12.9. The number of aryl methyl sites for hydroxylation is 2. The van der Waals surface area contributed by atoms with Crippen molar-refractivity contribution in [2.45, 2.75) is 40.7 Å². The minimum atomic E-state index is -3.62. The Morgan fingerprint density at radius 2 is 1.76 bits per heavy atom. The molecule has 6 nitrogen and oxygen atoms in total. The van der Waals surface area contributed by atoms with Gasteiger partial charge in [0, 0.05) is 32.7 Å². The second-order valence-corrected chi connectivity index (χ2v) is 8.45. The molecule has 1 fully saturated rings. The molecule has 1 aromatic carbocycles. The molecule has 140 valence electrons. The molecule has 0 aliphatic carbocycles. The first-order chi connectivity index (χ1) is 11.8. The molecule has 1 heterocycles. The number of hydrogen-bond acceptors (Lipinski definition) is 3. The van der Waals surface area contributed by atoms with E-state index in [2.05, 4.69) is 0 Å². The maximum absolute atomic E-state index is 12.9. The first-order valence-corrected chi connectivity index (χ1v) is 10.3. The van der Waals surface area contributed by atoms with Crippen LogP contribution in [0.15, 0.2) is 18.2 Å². The minimum Gasteiger partial charge on any atom is -0.342 e. The highest BCUT2D eigenvalue weighted by atomic mass is 32.2. The molecule has 0 saturated carbocycles. The summed E-state index contributed by atoms with van der Waals surface area (Å²) in [6.45, 7) is 10.2. The predicted molar refractivity (Wildman–Crippen MR) is 99.4 cm³/mol. The van der Waals surface area contributed by atoms with E-state index in [4.69, 9.17) is 0 Å². The van der Waals surface area contributed by atoms with Crippen molar-refractivity contribution in [1.82, 2.24) is 13.5 Å². The Morgan fingerprint density at radius 1 is 1.12 bits per heavy atom. The van der Waals surface area contributed by atoms with Gasteiger partial charge in [0.15, 0.2) is 0 Å². The van der Waals surface area contributed by atoms with Gasteiger partial charge in [-0.05, 0) is 45.2 Å². The van der Waals surface area contributed by atoms with Crippen molar-refractivity contribution in [2.75, 3.05) is 32.7 Å². The summed E-state index contributed by atoms with van der Waals surface area (Å²) in [4.78, 5) is 14.0. The Morgan fingerprint density at radius 3 is 2.40 bits per heavy atom. The van der Waals surface area contributed by atoms with Crippen molar-refractivity contribution in [2.24, 2.45) is 0 Å². The van der Waals surface area contributed by atoms with Crippen LogP contribution in [0.3, 0.4) is 0 Å². The van der Waals surface area contributed by atoms with Crippen LogP contribution in [0.5, 0.6) is 0 Å². The molecule has 1 aliphatic rings. The molecule has 1 aliphatic heterocycles. The lowest BCUT2D eigenvalue weighted by molar-refractivity contribution is -0.131. The summed E-state index contributed by atoms with van der Waals surface area (Å²) in [6, 6.07) is 6.08. The molecule has 1 aromatic rings. The third-order valence-electron chi connectivity index (χ3n) is 4.75. The zero-order valence-electron chi connectivity index (χ0n) is 15.7. The smallest absolute Gasteiger partial charge is 0.282 e. The number of rotatable bonds is 6. The van der Waals surface area contributed by atoms with Gasteiger partial charge in [0.25, 0.3) is 10.2 Å². The molecular formula is C18H29N3O3S. The third kappa shape index (κ3) is 4.59. The lowest BCUT2D eigenvalue weighted by Crippen LogP contribution is -2.52. The molecule has 2 rings (SSSR count). The van der Waals surface area contributed by atoms with Gasteiger partial charge in [0.2, 0.25) is 5.91 Å². The van der Waals surface area contributed by atoms with Crippen molar-refractivity contribution in [1.29, 1.82) is 0 Å². The SMILES string of the molecule is CCN(CC)C(=O)CN1CCCN(Cc2cc(C)ccc2C)S1(=O)=O. The van der Waals surface area contributed by atoms with Crippen LogP contribution in [-0.2, 0) is 21.5 Å². The van der Waals surface area contributed by atoms with Gasteiger partial charge in [-0.25, -0.2) is 0 Å². The largest absolute Gasteiger partial charge is 0.342 e. The molecule has 0 aromatic heterocycles. The van der Waals surface area contributed by atoms with Gasteiger partial charge in [0.05, 0.1) is 6.54 Å². The monoisotopic (exact) mass is 367 g/mol. The molecule has 0 unspecified atom stereocenters. The van der Waals surface area contributed by atoms with E-state index in [0.717, 1.165) is 23.1 Å². The molecule has 7 heteroatoms. The zero-order chi connectivity index (χ0) is 18.6. The van der Waals surface area contributed by atoms with E-state index in [1.54, 1.807) is 4.90 Å². The van der Waals surface area contributed by atoms with Crippen molar-refractivity contribution in [3.05, 3.63) is 34.9 Å². The topological polar surface area (TPSA) is 60.9 Å². The Kier molecular flexibility index (Phi) is 6.59. The third-order valence-corrected chi connectivity index (χ3v) is 6.68. The van der Waals surface area contributed by atoms with Gasteiger partial charge in [-0.2, -0.15) is 17.0 Å². The van der Waals surface area contributed by atoms with Gasteiger partial charge >= 0.3 is 0 Å². The summed E-state index contributed by atoms with van der Waals surface area (Å²) < 4.78 is 28.7. The minimum absolute atomic E-state index is 0.0761. The normalized spacial score (nSPS) is 18.2. The van der Waals surface area contributed by atoms with Crippen molar-refractivity contribution in [3.8, 4) is 0 Å². The summed E-state index contributed by atoms with van der Waals surface area (Å²) in [6.07, 6.45) is 0.732. The fourth-order valence-corrected chi connectivity index (χ4v) is 4.75. The standard InChI is InChI=1S/C18H29N3O3S/c1-5-19(6-2)18(22)14-21-11-7-10-20(25(21,23)24)13-17-12-15(3)8-9-16(17)4/h8-9,12H,5-7,10-11,13-14H2,1-4H3. The summed E-state index contributed by atoms with van der Waals surface area (Å²) in [5.74, 6) is -0.137. The number of amides is 1. The quantitative estimate of drug-likeness (QED) is 0.772. The first-order valence-electron chi connectivity index (χ1n) is 8.88. The van der Waals surface area contributed by atoms with E-state index in [0.29, 0.717) is 32.7 Å². The summed E-state index contributed by atoms with van der Waals surface area (Å²) in [5.41, 5.74) is 3.21. The van der Waals surface area contributed by atoms with E-state index in [1.807, 2.05) is 45.9 Å². The van der Waals surface area contributed by atoms with Crippen molar-refractivity contribution in [3.63, 3.8) is 0 Å². The molecular weight excluding hydrogens is 338 g/mol. The number of nitrogens with zero attached hydrogens (tertiary/aromatic N) is 3. The molecule has 1 amide bonds. The highest BCUT2D eigenvalue weighted by molar-refractivity contribution is 7.86. The van der Waals surface area contributed by atoms with E-state index in [1.165, 1.54) is 8.61 Å². The second-order valence-electron chi connectivity index (χ2n) is 6.52. The van der Waals surface area contributed by atoms with Crippen molar-refractivity contribution >= 4 is 16.1 Å². The Labute approximate surface area is 151 Å². The van der Waals surface area contributed by atoms with Gasteiger partial charge < -0.3 is 4.90 Å². The lowest BCUT2D eigenvalue weighted by atomic mass is 10.1. The summed E-state index contributed by atoms with van der Waals surface area (Å²) >= 11 is 0. The maximum Gasteiger partial charge on any atom is 0.282 e. The highest BCUT2D eigenvalue weighted by Gasteiger charge is 2.35. The molecule has 0 bridgehead atoms. The van der Waals surface area contributed by atoms with Crippen molar-refractivity contribution < 1.29 is 13.2 Å². The van der Waals surface area contributed by atoms with Crippen LogP contribution in [-0.4, -0.2) is 60.6 Å². The molecule has 25 heavy (non-hydrogen) atoms. The summed E-state index contributed by atoms with van der Waals surface area (Å²) in [5, 5.41) is 0. The number of carbonyl (C=O) groups is 1.